The van der Waals surface area contributed by atoms with Gasteiger partial charge in [0.2, 0.25) is 0 Å². The maximum atomic E-state index is 10.6. The summed E-state index contributed by atoms with van der Waals surface area (Å²) in [6.45, 7) is 7.53. The Labute approximate surface area is 316 Å². The SMILES string of the molecule is [C-]#[N+]c1ccc2c(c1)c1ccccc1n2-c1ccc(-c2ccc(-n3c4ccccc4c4cc(-n5c6ccccc6c6ccccc65)ccc43)c(C#N)c2)cc1. The Morgan fingerprint density at radius 1 is 0.400 bits per heavy atom. The Morgan fingerprint density at radius 3 is 1.45 bits per heavy atom. The van der Waals surface area contributed by atoms with Crippen LogP contribution < -0.4 is 0 Å². The van der Waals surface area contributed by atoms with Crippen LogP contribution in [0.2, 0.25) is 0 Å². The van der Waals surface area contributed by atoms with Crippen molar-refractivity contribution in [1.82, 2.24) is 13.7 Å². The molecule has 55 heavy (non-hydrogen) atoms. The molecule has 0 aliphatic carbocycles. The average molecular weight is 700 g/mol. The third-order valence-electron chi connectivity index (χ3n) is 11.1. The molecule has 0 N–H and O–H groups in total. The van der Waals surface area contributed by atoms with Crippen molar-refractivity contribution in [3.8, 4) is 34.3 Å². The van der Waals surface area contributed by atoms with Crippen LogP contribution in [0.1, 0.15) is 5.56 Å². The topological polar surface area (TPSA) is 42.9 Å². The highest BCUT2D eigenvalue weighted by atomic mass is 15.0. The van der Waals surface area contributed by atoms with Crippen LogP contribution in [0.4, 0.5) is 5.69 Å². The van der Waals surface area contributed by atoms with Crippen LogP contribution in [0.25, 0.3) is 98.5 Å². The maximum absolute atomic E-state index is 10.6. The van der Waals surface area contributed by atoms with Crippen molar-refractivity contribution in [3.05, 3.63) is 193 Å². The number of hydrogen-bond acceptors (Lipinski definition) is 1. The van der Waals surface area contributed by atoms with Gasteiger partial charge in [0.1, 0.15) is 6.07 Å². The molecule has 8 aromatic carbocycles. The van der Waals surface area contributed by atoms with Crippen molar-refractivity contribution in [2.75, 3.05) is 0 Å². The van der Waals surface area contributed by atoms with Gasteiger partial charge in [-0.25, -0.2) is 4.85 Å². The van der Waals surface area contributed by atoms with Crippen LogP contribution in [0.15, 0.2) is 176 Å². The molecule has 3 heterocycles. The molecule has 5 heteroatoms. The lowest BCUT2D eigenvalue weighted by molar-refractivity contribution is 1.16. The highest BCUT2D eigenvalue weighted by molar-refractivity contribution is 6.13. The third-order valence-corrected chi connectivity index (χ3v) is 11.1. The minimum absolute atomic E-state index is 0.605. The quantitative estimate of drug-likeness (QED) is 0.169. The van der Waals surface area contributed by atoms with Crippen LogP contribution in [0, 0.1) is 17.9 Å². The van der Waals surface area contributed by atoms with E-state index >= 15 is 0 Å². The molecule has 0 spiro atoms. The lowest BCUT2D eigenvalue weighted by atomic mass is 10.0. The van der Waals surface area contributed by atoms with Crippen LogP contribution >= 0.6 is 0 Å². The number of para-hydroxylation sites is 4. The molecular formula is C50H29N5. The molecule has 0 unspecified atom stereocenters. The van der Waals surface area contributed by atoms with Gasteiger partial charge in [0.15, 0.2) is 5.69 Å². The van der Waals surface area contributed by atoms with Crippen LogP contribution in [-0.2, 0) is 0 Å². The molecule has 0 amide bonds. The smallest absolute Gasteiger partial charge is 0.188 e. The van der Waals surface area contributed by atoms with Gasteiger partial charge in [-0.2, -0.15) is 5.26 Å². The predicted octanol–water partition coefficient (Wildman–Crippen LogP) is 13.1. The van der Waals surface area contributed by atoms with Gasteiger partial charge in [-0.3, -0.25) is 0 Å². The number of aromatic nitrogens is 3. The monoisotopic (exact) mass is 699 g/mol. The Kier molecular flexibility index (Phi) is 6.61. The van der Waals surface area contributed by atoms with E-state index in [2.05, 4.69) is 170 Å². The van der Waals surface area contributed by atoms with Gasteiger partial charge < -0.3 is 13.7 Å². The van der Waals surface area contributed by atoms with Crippen LogP contribution in [0.5, 0.6) is 0 Å². The molecule has 0 saturated carbocycles. The molecule has 3 aromatic heterocycles. The Morgan fingerprint density at radius 2 is 0.855 bits per heavy atom. The predicted molar refractivity (Wildman–Crippen MR) is 226 cm³/mol. The van der Waals surface area contributed by atoms with E-state index in [1.807, 2.05) is 30.3 Å². The van der Waals surface area contributed by atoms with Crippen LogP contribution in [0.3, 0.4) is 0 Å². The van der Waals surface area contributed by atoms with Gasteiger partial charge in [-0.15, -0.1) is 0 Å². The maximum Gasteiger partial charge on any atom is 0.188 e. The number of nitrogens with zero attached hydrogens (tertiary/aromatic N) is 5. The van der Waals surface area contributed by atoms with E-state index in [-0.39, 0.29) is 0 Å². The average Bonchev–Trinajstić information content (AvgIpc) is 3.89. The van der Waals surface area contributed by atoms with E-state index in [4.69, 9.17) is 6.57 Å². The van der Waals surface area contributed by atoms with Gasteiger partial charge in [0.05, 0.1) is 50.9 Å². The Bertz CT molecular complexity index is 3400. The molecule has 254 valence electrons. The summed E-state index contributed by atoms with van der Waals surface area (Å²) in [7, 11) is 0. The zero-order valence-electron chi connectivity index (χ0n) is 29.5. The second-order valence-electron chi connectivity index (χ2n) is 14.0. The summed E-state index contributed by atoms with van der Waals surface area (Å²) in [4.78, 5) is 3.67. The summed E-state index contributed by atoms with van der Waals surface area (Å²) in [5.41, 5.74) is 12.8. The normalized spacial score (nSPS) is 11.6. The van der Waals surface area contributed by atoms with Crippen molar-refractivity contribution in [3.63, 3.8) is 0 Å². The minimum Gasteiger partial charge on any atom is -0.309 e. The number of hydrogen-bond donors (Lipinski definition) is 0. The van der Waals surface area contributed by atoms with Gasteiger partial charge >= 0.3 is 0 Å². The number of nitriles is 1. The zero-order chi connectivity index (χ0) is 36.6. The van der Waals surface area contributed by atoms with Crippen molar-refractivity contribution >= 4 is 71.1 Å². The fourth-order valence-electron chi connectivity index (χ4n) is 8.67. The van der Waals surface area contributed by atoms with Gasteiger partial charge in [-0.05, 0) is 95.4 Å². The molecular weight excluding hydrogens is 671 g/mol. The summed E-state index contributed by atoms with van der Waals surface area (Å²) >= 11 is 0. The van der Waals surface area contributed by atoms with E-state index < -0.39 is 0 Å². The van der Waals surface area contributed by atoms with Crippen molar-refractivity contribution in [2.45, 2.75) is 0 Å². The fourth-order valence-corrected chi connectivity index (χ4v) is 8.67. The highest BCUT2D eigenvalue weighted by Crippen LogP contribution is 2.39. The van der Waals surface area contributed by atoms with E-state index in [1.54, 1.807) is 0 Å². The second-order valence-corrected chi connectivity index (χ2v) is 14.0. The van der Waals surface area contributed by atoms with Crippen molar-refractivity contribution in [1.29, 1.82) is 5.26 Å². The molecule has 0 fully saturated rings. The number of fused-ring (bicyclic) bond motifs is 9. The summed E-state index contributed by atoms with van der Waals surface area (Å²) in [6, 6.07) is 63.8. The van der Waals surface area contributed by atoms with Crippen molar-refractivity contribution < 1.29 is 0 Å². The molecule has 0 aliphatic rings. The lowest BCUT2D eigenvalue weighted by Gasteiger charge is -2.13. The zero-order valence-corrected chi connectivity index (χ0v) is 29.5. The van der Waals surface area contributed by atoms with E-state index in [1.165, 1.54) is 21.8 Å². The van der Waals surface area contributed by atoms with Gasteiger partial charge in [0, 0.05) is 38.3 Å². The molecule has 0 bridgehead atoms. The summed E-state index contributed by atoms with van der Waals surface area (Å²) in [6.07, 6.45) is 0. The van der Waals surface area contributed by atoms with Crippen molar-refractivity contribution in [2.24, 2.45) is 0 Å². The van der Waals surface area contributed by atoms with E-state index in [0.717, 1.165) is 71.8 Å². The Hall–Kier alpha value is -7.86. The number of rotatable bonds is 4. The largest absolute Gasteiger partial charge is 0.309 e. The van der Waals surface area contributed by atoms with E-state index in [0.29, 0.717) is 11.3 Å². The molecule has 5 nitrogen and oxygen atoms in total. The number of benzene rings is 8. The molecule has 11 rings (SSSR count). The standard InChI is InChI=1S/C50H29N5/c1-52-35-21-26-49-42(29-35)40-12-4-8-16-47(40)53(49)36-22-18-32(19-23-36)33-20-25-44(34(28-33)31-51)55-48-17-9-5-13-41(48)43-30-37(24-27-50(43)55)54-45-14-6-2-10-38(45)39-11-3-7-15-46(39)54/h2-30H. The molecule has 0 saturated heterocycles. The molecule has 0 aliphatic heterocycles. The Balaban J connectivity index is 1.02. The molecule has 0 radical (unpaired) electrons. The van der Waals surface area contributed by atoms with Crippen LogP contribution in [-0.4, -0.2) is 13.7 Å². The first-order valence-electron chi connectivity index (χ1n) is 18.3. The van der Waals surface area contributed by atoms with Gasteiger partial charge in [0.25, 0.3) is 0 Å². The highest BCUT2D eigenvalue weighted by Gasteiger charge is 2.19. The second kappa shape index (κ2) is 11.8. The lowest BCUT2D eigenvalue weighted by Crippen LogP contribution is -1.99. The molecule has 11 aromatic rings. The summed E-state index contributed by atoms with van der Waals surface area (Å²) < 4.78 is 6.83. The summed E-state index contributed by atoms with van der Waals surface area (Å²) in [5, 5.41) is 17.5. The first-order valence-corrected chi connectivity index (χ1v) is 18.3. The molecule has 0 atom stereocenters. The minimum atomic E-state index is 0.605. The first-order chi connectivity index (χ1) is 27.2. The first kappa shape index (κ1) is 30.7. The van der Waals surface area contributed by atoms with Gasteiger partial charge in [-0.1, -0.05) is 97.1 Å². The third kappa shape index (κ3) is 4.51. The summed E-state index contributed by atoms with van der Waals surface area (Å²) in [5.74, 6) is 0. The fraction of sp³-hybridized carbons (Fsp3) is 0. The van der Waals surface area contributed by atoms with E-state index in [9.17, 15) is 5.26 Å².